The highest BCUT2D eigenvalue weighted by atomic mass is 16.5. The number of nitrogens with one attached hydrogen (secondary N) is 2. The Morgan fingerprint density at radius 2 is 2.43 bits per heavy atom. The monoisotopic (exact) mass is 202 g/mol. The normalized spacial score (nSPS) is 28.8. The summed E-state index contributed by atoms with van der Waals surface area (Å²) < 4.78 is 5.09. The first-order chi connectivity index (χ1) is 6.57. The average molecular weight is 202 g/mol. The van der Waals surface area contributed by atoms with E-state index in [4.69, 9.17) is 4.74 Å². The molecule has 1 aliphatic rings. The Morgan fingerprint density at radius 1 is 1.71 bits per heavy atom. The van der Waals surface area contributed by atoms with Crippen LogP contribution in [-0.2, 0) is 9.53 Å². The van der Waals surface area contributed by atoms with E-state index in [1.165, 1.54) is 0 Å². The van der Waals surface area contributed by atoms with Crippen molar-refractivity contribution in [2.75, 3.05) is 26.8 Å². The number of ether oxygens (including phenoxy) is 1. The maximum atomic E-state index is 11.1. The van der Waals surface area contributed by atoms with E-state index in [2.05, 4.69) is 10.6 Å². The number of hydrogen-bond acceptors (Lipinski definition) is 4. The van der Waals surface area contributed by atoms with Gasteiger partial charge in [0.15, 0.2) is 0 Å². The fourth-order valence-corrected chi connectivity index (χ4v) is 1.39. The van der Waals surface area contributed by atoms with E-state index < -0.39 is 5.60 Å². The van der Waals surface area contributed by atoms with Crippen molar-refractivity contribution in [3.05, 3.63) is 0 Å². The van der Waals surface area contributed by atoms with E-state index in [0.717, 1.165) is 0 Å². The quantitative estimate of drug-likeness (QED) is 0.539. The molecule has 0 radical (unpaired) electrons. The van der Waals surface area contributed by atoms with Crippen LogP contribution in [0.25, 0.3) is 0 Å². The molecule has 1 amide bonds. The van der Waals surface area contributed by atoms with Gasteiger partial charge in [-0.1, -0.05) is 0 Å². The Balaban J connectivity index is 2.28. The Kier molecular flexibility index (Phi) is 3.86. The molecule has 2 atom stereocenters. The van der Waals surface area contributed by atoms with Crippen molar-refractivity contribution in [1.29, 1.82) is 0 Å². The summed E-state index contributed by atoms with van der Waals surface area (Å²) in [4.78, 5) is 11.1. The van der Waals surface area contributed by atoms with Crippen LogP contribution in [0.3, 0.4) is 0 Å². The maximum absolute atomic E-state index is 11.1. The largest absolute Gasteiger partial charge is 0.386 e. The molecule has 14 heavy (non-hydrogen) atoms. The number of aliphatic hydroxyl groups is 1. The fraction of sp³-hybridized carbons (Fsp3) is 0.889. The lowest BCUT2D eigenvalue weighted by Gasteiger charge is -2.23. The van der Waals surface area contributed by atoms with E-state index in [0.29, 0.717) is 26.2 Å². The van der Waals surface area contributed by atoms with Gasteiger partial charge in [0.1, 0.15) is 5.60 Å². The molecule has 5 heteroatoms. The summed E-state index contributed by atoms with van der Waals surface area (Å²) in [6.45, 7) is 3.09. The zero-order chi connectivity index (χ0) is 10.6. The molecule has 0 aliphatic carbocycles. The van der Waals surface area contributed by atoms with Crippen LogP contribution in [0.15, 0.2) is 0 Å². The molecule has 1 aliphatic heterocycles. The molecule has 0 spiro atoms. The van der Waals surface area contributed by atoms with Gasteiger partial charge in [0.25, 0.3) is 0 Å². The molecule has 1 fully saturated rings. The third kappa shape index (κ3) is 2.94. The van der Waals surface area contributed by atoms with Crippen molar-refractivity contribution in [2.24, 2.45) is 0 Å². The Morgan fingerprint density at radius 3 is 2.93 bits per heavy atom. The highest BCUT2D eigenvalue weighted by molar-refractivity contribution is 5.80. The lowest BCUT2D eigenvalue weighted by atomic mass is 10.0. The van der Waals surface area contributed by atoms with Crippen LogP contribution in [0.2, 0.25) is 0 Å². The van der Waals surface area contributed by atoms with Crippen LogP contribution < -0.4 is 10.6 Å². The molecule has 1 rings (SSSR count). The Hall–Kier alpha value is -0.650. The van der Waals surface area contributed by atoms with E-state index >= 15 is 0 Å². The first-order valence-electron chi connectivity index (χ1n) is 4.82. The second-order valence-electron chi connectivity index (χ2n) is 3.74. The summed E-state index contributed by atoms with van der Waals surface area (Å²) in [7, 11) is 1.59. The number of amides is 1. The minimum atomic E-state index is -0.803. The lowest BCUT2D eigenvalue weighted by molar-refractivity contribution is -0.122. The van der Waals surface area contributed by atoms with Crippen LogP contribution in [0.5, 0.6) is 0 Å². The van der Waals surface area contributed by atoms with Crippen molar-refractivity contribution >= 4 is 5.91 Å². The third-order valence-electron chi connectivity index (χ3n) is 2.46. The van der Waals surface area contributed by atoms with Gasteiger partial charge in [0, 0.05) is 26.6 Å². The van der Waals surface area contributed by atoms with E-state index in [1.807, 2.05) is 0 Å². The summed E-state index contributed by atoms with van der Waals surface area (Å²) in [5.74, 6) is -0.0764. The summed E-state index contributed by atoms with van der Waals surface area (Å²) in [6.07, 6.45) is 0.625. The summed E-state index contributed by atoms with van der Waals surface area (Å²) >= 11 is 0. The molecule has 0 saturated carbocycles. The number of carbonyl (C=O) groups excluding carboxylic acids is 1. The van der Waals surface area contributed by atoms with E-state index in [9.17, 15) is 9.90 Å². The summed E-state index contributed by atoms with van der Waals surface area (Å²) in [5, 5.41) is 15.4. The van der Waals surface area contributed by atoms with Gasteiger partial charge in [-0.2, -0.15) is 0 Å². The van der Waals surface area contributed by atoms with Crippen LogP contribution in [0.4, 0.5) is 0 Å². The number of rotatable bonds is 4. The van der Waals surface area contributed by atoms with Gasteiger partial charge in [0.2, 0.25) is 5.91 Å². The van der Waals surface area contributed by atoms with Crippen LogP contribution >= 0.6 is 0 Å². The third-order valence-corrected chi connectivity index (χ3v) is 2.46. The Labute approximate surface area is 83.8 Å². The standard InChI is InChI=1S/C9H18N2O3/c1-7(8(12)10-2)11-5-9(13)3-4-14-6-9/h7,11,13H,3-6H2,1-2H3,(H,10,12). The molecule has 0 bridgehead atoms. The smallest absolute Gasteiger partial charge is 0.236 e. The number of hydrogen-bond donors (Lipinski definition) is 3. The van der Waals surface area contributed by atoms with E-state index in [1.54, 1.807) is 14.0 Å². The van der Waals surface area contributed by atoms with E-state index in [-0.39, 0.29) is 11.9 Å². The first-order valence-corrected chi connectivity index (χ1v) is 4.82. The molecule has 5 nitrogen and oxygen atoms in total. The zero-order valence-electron chi connectivity index (χ0n) is 8.67. The molecular formula is C9H18N2O3. The minimum absolute atomic E-state index is 0.0764. The van der Waals surface area contributed by atoms with Gasteiger partial charge in [0.05, 0.1) is 12.6 Å². The van der Waals surface area contributed by atoms with Crippen molar-refractivity contribution in [3.63, 3.8) is 0 Å². The Bertz CT molecular complexity index is 202. The van der Waals surface area contributed by atoms with Crippen molar-refractivity contribution in [1.82, 2.24) is 10.6 Å². The molecule has 0 aromatic rings. The van der Waals surface area contributed by atoms with Gasteiger partial charge in [-0.15, -0.1) is 0 Å². The van der Waals surface area contributed by atoms with Gasteiger partial charge in [-0.25, -0.2) is 0 Å². The van der Waals surface area contributed by atoms with Crippen molar-refractivity contribution in [2.45, 2.75) is 25.0 Å². The molecule has 3 N–H and O–H groups in total. The molecule has 1 heterocycles. The van der Waals surface area contributed by atoms with Crippen LogP contribution in [0.1, 0.15) is 13.3 Å². The van der Waals surface area contributed by atoms with Gasteiger partial charge in [-0.3, -0.25) is 4.79 Å². The number of likely N-dealkylation sites (N-methyl/N-ethyl adjacent to an activating group) is 1. The van der Waals surface area contributed by atoms with Crippen LogP contribution in [-0.4, -0.2) is 49.5 Å². The van der Waals surface area contributed by atoms with Crippen molar-refractivity contribution < 1.29 is 14.6 Å². The summed E-state index contributed by atoms with van der Waals surface area (Å²) in [6, 6.07) is -0.287. The molecule has 0 aromatic heterocycles. The van der Waals surface area contributed by atoms with Crippen molar-refractivity contribution in [3.8, 4) is 0 Å². The zero-order valence-corrected chi connectivity index (χ0v) is 8.67. The molecule has 0 aromatic carbocycles. The second kappa shape index (κ2) is 4.72. The summed E-state index contributed by atoms with van der Waals surface area (Å²) in [5.41, 5.74) is -0.803. The van der Waals surface area contributed by atoms with Gasteiger partial charge >= 0.3 is 0 Å². The molecule has 1 saturated heterocycles. The average Bonchev–Trinajstić information content (AvgIpc) is 2.61. The molecule has 2 unspecified atom stereocenters. The number of carbonyl (C=O) groups is 1. The highest BCUT2D eigenvalue weighted by Gasteiger charge is 2.32. The maximum Gasteiger partial charge on any atom is 0.236 e. The SMILES string of the molecule is CNC(=O)C(C)NCC1(O)CCOC1. The molecular weight excluding hydrogens is 184 g/mol. The second-order valence-corrected chi connectivity index (χ2v) is 3.74. The fourth-order valence-electron chi connectivity index (χ4n) is 1.39. The minimum Gasteiger partial charge on any atom is -0.386 e. The highest BCUT2D eigenvalue weighted by Crippen LogP contribution is 2.16. The first kappa shape index (κ1) is 11.4. The topological polar surface area (TPSA) is 70.6 Å². The van der Waals surface area contributed by atoms with Gasteiger partial charge in [-0.05, 0) is 6.92 Å². The predicted octanol–water partition coefficient (Wildman–Crippen LogP) is -1.14. The lowest BCUT2D eigenvalue weighted by Crippen LogP contribution is -2.48. The molecule has 82 valence electrons. The van der Waals surface area contributed by atoms with Gasteiger partial charge < -0.3 is 20.5 Å². The van der Waals surface area contributed by atoms with Crippen LogP contribution in [0, 0.1) is 0 Å². The predicted molar refractivity (Wildman–Crippen MR) is 51.9 cm³/mol.